The molecule has 4 heteroatoms. The first-order valence-corrected chi connectivity index (χ1v) is 5.58. The van der Waals surface area contributed by atoms with E-state index in [0.717, 1.165) is 12.2 Å². The van der Waals surface area contributed by atoms with Crippen LogP contribution >= 0.6 is 11.6 Å². The van der Waals surface area contributed by atoms with Crippen molar-refractivity contribution in [3.05, 3.63) is 23.1 Å². The molecule has 0 aliphatic heterocycles. The number of rotatable bonds is 6. The average molecular weight is 232 g/mol. The van der Waals surface area contributed by atoms with Gasteiger partial charge in [0.25, 0.3) is 0 Å². The van der Waals surface area contributed by atoms with Gasteiger partial charge in [-0.2, -0.15) is 0 Å². The van der Waals surface area contributed by atoms with E-state index >= 15 is 0 Å². The monoisotopic (exact) mass is 231 g/mol. The summed E-state index contributed by atoms with van der Waals surface area (Å²) >= 11 is 5.63. The summed E-state index contributed by atoms with van der Waals surface area (Å²) < 4.78 is 5.17. The predicted molar refractivity (Wildman–Crippen MR) is 60.9 cm³/mol. The zero-order valence-electron chi connectivity index (χ0n) is 9.16. The lowest BCUT2D eigenvalue weighted by molar-refractivity contribution is 0.145. The third-order valence-corrected chi connectivity index (χ3v) is 2.25. The lowest BCUT2D eigenvalue weighted by atomic mass is 10.1. The number of nitrogens with one attached hydrogen (secondary N) is 1. The molecule has 1 aromatic rings. The lowest BCUT2D eigenvalue weighted by Gasteiger charge is -2.13. The molecule has 0 radical (unpaired) electrons. The maximum absolute atomic E-state index is 9.58. The molecule has 0 amide bonds. The Hall–Kier alpha value is -0.510. The van der Waals surface area contributed by atoms with E-state index in [1.807, 2.05) is 6.07 Å². The highest BCUT2D eigenvalue weighted by Crippen LogP contribution is 2.12. The second-order valence-corrected chi connectivity index (χ2v) is 4.49. The van der Waals surface area contributed by atoms with Gasteiger partial charge in [-0.15, -0.1) is 0 Å². The second-order valence-electron chi connectivity index (χ2n) is 4.12. The molecular formula is C11H18ClNO2. The summed E-state index contributed by atoms with van der Waals surface area (Å²) in [7, 11) is 0. The minimum absolute atomic E-state index is 0.296. The van der Waals surface area contributed by atoms with E-state index in [4.69, 9.17) is 16.0 Å². The molecule has 1 unspecified atom stereocenters. The molecule has 2 N–H and O–H groups in total. The van der Waals surface area contributed by atoms with Crippen molar-refractivity contribution in [2.45, 2.75) is 32.9 Å². The van der Waals surface area contributed by atoms with Crippen molar-refractivity contribution in [1.29, 1.82) is 0 Å². The molecule has 15 heavy (non-hydrogen) atoms. The third kappa shape index (κ3) is 5.21. The van der Waals surface area contributed by atoms with Crippen LogP contribution in [0.3, 0.4) is 0 Å². The normalized spacial score (nSPS) is 13.4. The first-order valence-electron chi connectivity index (χ1n) is 5.21. The quantitative estimate of drug-likeness (QED) is 0.791. The van der Waals surface area contributed by atoms with Gasteiger partial charge in [-0.1, -0.05) is 13.8 Å². The van der Waals surface area contributed by atoms with Crippen molar-refractivity contribution >= 4 is 11.6 Å². The van der Waals surface area contributed by atoms with Gasteiger partial charge in [0.15, 0.2) is 5.22 Å². The van der Waals surface area contributed by atoms with Gasteiger partial charge in [0.1, 0.15) is 5.76 Å². The summed E-state index contributed by atoms with van der Waals surface area (Å²) in [5, 5.41) is 13.1. The SMILES string of the molecule is CC(C)CC(O)CNCc1ccc(Cl)o1. The summed E-state index contributed by atoms with van der Waals surface area (Å²) in [4.78, 5) is 0. The molecule has 86 valence electrons. The zero-order valence-corrected chi connectivity index (χ0v) is 9.92. The molecule has 0 aromatic carbocycles. The Morgan fingerprint density at radius 3 is 2.73 bits per heavy atom. The fourth-order valence-corrected chi connectivity index (χ4v) is 1.60. The van der Waals surface area contributed by atoms with Gasteiger partial charge in [0.2, 0.25) is 0 Å². The number of furan rings is 1. The number of hydrogen-bond donors (Lipinski definition) is 2. The van der Waals surface area contributed by atoms with E-state index in [9.17, 15) is 5.11 Å². The fourth-order valence-electron chi connectivity index (χ4n) is 1.44. The third-order valence-electron chi connectivity index (χ3n) is 2.05. The molecule has 0 aliphatic rings. The fraction of sp³-hybridized carbons (Fsp3) is 0.636. The Kier molecular flexibility index (Phi) is 5.15. The number of halogens is 1. The maximum Gasteiger partial charge on any atom is 0.193 e. The molecule has 0 aliphatic carbocycles. The summed E-state index contributed by atoms with van der Waals surface area (Å²) in [5.41, 5.74) is 0. The highest BCUT2D eigenvalue weighted by atomic mass is 35.5. The number of hydrogen-bond acceptors (Lipinski definition) is 3. The van der Waals surface area contributed by atoms with E-state index < -0.39 is 0 Å². The van der Waals surface area contributed by atoms with Gasteiger partial charge in [-0.05, 0) is 36.1 Å². The molecular weight excluding hydrogens is 214 g/mol. The van der Waals surface area contributed by atoms with E-state index in [1.54, 1.807) is 6.07 Å². The first-order chi connectivity index (χ1) is 7.08. The van der Waals surface area contributed by atoms with Crippen LogP contribution in [0.1, 0.15) is 26.0 Å². The van der Waals surface area contributed by atoms with Gasteiger partial charge in [0.05, 0.1) is 12.6 Å². The highest BCUT2D eigenvalue weighted by Gasteiger charge is 2.06. The van der Waals surface area contributed by atoms with Crippen LogP contribution in [0.2, 0.25) is 5.22 Å². The van der Waals surface area contributed by atoms with Crippen LogP contribution in [0.25, 0.3) is 0 Å². The van der Waals surface area contributed by atoms with Crippen LogP contribution < -0.4 is 5.32 Å². The summed E-state index contributed by atoms with van der Waals surface area (Å²) in [5.74, 6) is 1.30. The van der Waals surface area contributed by atoms with Crippen molar-refractivity contribution in [3.63, 3.8) is 0 Å². The minimum Gasteiger partial charge on any atom is -0.448 e. The molecule has 0 saturated carbocycles. The van der Waals surface area contributed by atoms with Gasteiger partial charge < -0.3 is 14.8 Å². The molecule has 1 heterocycles. The Labute approximate surface area is 95.4 Å². The lowest BCUT2D eigenvalue weighted by Crippen LogP contribution is -2.27. The van der Waals surface area contributed by atoms with E-state index in [0.29, 0.717) is 24.2 Å². The Morgan fingerprint density at radius 1 is 1.47 bits per heavy atom. The van der Waals surface area contributed by atoms with Crippen molar-refractivity contribution in [2.24, 2.45) is 5.92 Å². The van der Waals surface area contributed by atoms with Crippen LogP contribution in [0.5, 0.6) is 0 Å². The maximum atomic E-state index is 9.58. The zero-order chi connectivity index (χ0) is 11.3. The Balaban J connectivity index is 2.16. The van der Waals surface area contributed by atoms with Gasteiger partial charge in [0, 0.05) is 6.54 Å². The Bertz CT molecular complexity index is 286. The summed E-state index contributed by atoms with van der Waals surface area (Å²) in [6, 6.07) is 3.53. The molecule has 1 rings (SSSR count). The number of aliphatic hydroxyl groups excluding tert-OH is 1. The summed E-state index contributed by atoms with van der Waals surface area (Å²) in [6.07, 6.45) is 0.516. The van der Waals surface area contributed by atoms with Crippen molar-refractivity contribution in [1.82, 2.24) is 5.32 Å². The predicted octanol–water partition coefficient (Wildman–Crippen LogP) is 2.43. The van der Waals surface area contributed by atoms with Crippen LogP contribution in [0.15, 0.2) is 16.5 Å². The van der Waals surface area contributed by atoms with Crippen LogP contribution in [-0.4, -0.2) is 17.8 Å². The molecule has 1 aromatic heterocycles. The van der Waals surface area contributed by atoms with Crippen molar-refractivity contribution < 1.29 is 9.52 Å². The summed E-state index contributed by atoms with van der Waals surface area (Å²) in [6.45, 7) is 5.36. The first kappa shape index (κ1) is 12.6. The number of aliphatic hydroxyl groups is 1. The van der Waals surface area contributed by atoms with Gasteiger partial charge in [-0.25, -0.2) is 0 Å². The molecule has 0 fully saturated rings. The average Bonchev–Trinajstić information content (AvgIpc) is 2.50. The van der Waals surface area contributed by atoms with E-state index in [1.165, 1.54) is 0 Å². The molecule has 1 atom stereocenters. The van der Waals surface area contributed by atoms with Crippen LogP contribution in [0.4, 0.5) is 0 Å². The Morgan fingerprint density at radius 2 is 2.20 bits per heavy atom. The van der Waals surface area contributed by atoms with Gasteiger partial charge >= 0.3 is 0 Å². The standard InChI is InChI=1S/C11H18ClNO2/c1-8(2)5-9(14)6-13-7-10-3-4-11(12)15-10/h3-4,8-9,13-14H,5-7H2,1-2H3. The smallest absolute Gasteiger partial charge is 0.193 e. The molecule has 0 spiro atoms. The minimum atomic E-state index is -0.296. The van der Waals surface area contributed by atoms with E-state index in [2.05, 4.69) is 19.2 Å². The molecule has 3 nitrogen and oxygen atoms in total. The van der Waals surface area contributed by atoms with Crippen molar-refractivity contribution in [2.75, 3.05) is 6.54 Å². The molecule has 0 bridgehead atoms. The topological polar surface area (TPSA) is 45.4 Å². The van der Waals surface area contributed by atoms with Gasteiger partial charge in [-0.3, -0.25) is 0 Å². The molecule has 0 saturated heterocycles. The van der Waals surface area contributed by atoms with Crippen LogP contribution in [-0.2, 0) is 6.54 Å². The largest absolute Gasteiger partial charge is 0.448 e. The highest BCUT2D eigenvalue weighted by molar-refractivity contribution is 6.28. The van der Waals surface area contributed by atoms with E-state index in [-0.39, 0.29) is 6.10 Å². The second kappa shape index (κ2) is 6.16. The van der Waals surface area contributed by atoms with Crippen molar-refractivity contribution in [3.8, 4) is 0 Å². The van der Waals surface area contributed by atoms with Crippen LogP contribution in [0, 0.1) is 5.92 Å².